The van der Waals surface area contributed by atoms with E-state index in [1.54, 1.807) is 0 Å². The molecule has 1 aromatic carbocycles. The van der Waals surface area contributed by atoms with E-state index in [1.807, 2.05) is 24.3 Å². The van der Waals surface area contributed by atoms with Gasteiger partial charge < -0.3 is 15.4 Å². The number of carbonyl (C=O) groups is 1. The van der Waals surface area contributed by atoms with Crippen molar-refractivity contribution in [1.82, 2.24) is 10.6 Å². The number of fused-ring (bicyclic) bond motifs is 1. The molecule has 3 unspecified atom stereocenters. The van der Waals surface area contributed by atoms with E-state index in [-0.39, 0.29) is 17.9 Å². The molecule has 0 saturated carbocycles. The zero-order valence-electron chi connectivity index (χ0n) is 10.5. The standard InChI is InChI=1S/C14H18N2O2/c1-9-6-15-7-12(9)16-14(17)11-8-18-13-5-3-2-4-10(11)13/h2-5,9,11-12,15H,6-8H2,1H3,(H,16,17). The minimum absolute atomic E-state index is 0.0838. The molecular weight excluding hydrogens is 228 g/mol. The SMILES string of the molecule is CC1CNCC1NC(=O)C1COc2ccccc21. The Morgan fingerprint density at radius 2 is 2.22 bits per heavy atom. The molecule has 4 nitrogen and oxygen atoms in total. The van der Waals surface area contributed by atoms with Gasteiger partial charge in [0.1, 0.15) is 18.3 Å². The van der Waals surface area contributed by atoms with Gasteiger partial charge in [-0.2, -0.15) is 0 Å². The first kappa shape index (κ1) is 11.5. The Kier molecular flexibility index (Phi) is 2.96. The van der Waals surface area contributed by atoms with Gasteiger partial charge in [-0.1, -0.05) is 25.1 Å². The Balaban J connectivity index is 1.71. The molecule has 2 N–H and O–H groups in total. The van der Waals surface area contributed by atoms with Crippen LogP contribution in [-0.4, -0.2) is 31.6 Å². The van der Waals surface area contributed by atoms with Crippen molar-refractivity contribution < 1.29 is 9.53 Å². The van der Waals surface area contributed by atoms with E-state index in [4.69, 9.17) is 4.74 Å². The fourth-order valence-corrected chi connectivity index (χ4v) is 2.67. The van der Waals surface area contributed by atoms with Crippen LogP contribution in [0.3, 0.4) is 0 Å². The number of nitrogens with one attached hydrogen (secondary N) is 2. The largest absolute Gasteiger partial charge is 0.492 e. The Labute approximate surface area is 107 Å². The number of benzene rings is 1. The minimum atomic E-state index is -0.158. The van der Waals surface area contributed by atoms with Crippen molar-refractivity contribution >= 4 is 5.91 Å². The summed E-state index contributed by atoms with van der Waals surface area (Å²) in [5.74, 6) is 1.26. The predicted molar refractivity (Wildman–Crippen MR) is 68.6 cm³/mol. The van der Waals surface area contributed by atoms with E-state index in [0.717, 1.165) is 24.4 Å². The van der Waals surface area contributed by atoms with E-state index >= 15 is 0 Å². The fourth-order valence-electron chi connectivity index (χ4n) is 2.67. The first-order chi connectivity index (χ1) is 8.75. The number of rotatable bonds is 2. The van der Waals surface area contributed by atoms with Crippen molar-refractivity contribution in [3.63, 3.8) is 0 Å². The van der Waals surface area contributed by atoms with Gasteiger partial charge in [0.2, 0.25) is 5.91 Å². The molecule has 2 heterocycles. The van der Waals surface area contributed by atoms with Crippen LogP contribution in [0.1, 0.15) is 18.4 Å². The highest BCUT2D eigenvalue weighted by Gasteiger charge is 2.33. The van der Waals surface area contributed by atoms with Gasteiger partial charge in [0.05, 0.1) is 0 Å². The van der Waals surface area contributed by atoms with Crippen molar-refractivity contribution in [2.45, 2.75) is 18.9 Å². The van der Waals surface area contributed by atoms with Crippen molar-refractivity contribution in [3.05, 3.63) is 29.8 Å². The van der Waals surface area contributed by atoms with E-state index < -0.39 is 0 Å². The van der Waals surface area contributed by atoms with E-state index in [2.05, 4.69) is 17.6 Å². The summed E-state index contributed by atoms with van der Waals surface area (Å²) in [7, 11) is 0. The zero-order valence-corrected chi connectivity index (χ0v) is 10.5. The third-order valence-corrected chi connectivity index (χ3v) is 3.86. The summed E-state index contributed by atoms with van der Waals surface area (Å²) in [5.41, 5.74) is 1.01. The molecular formula is C14H18N2O2. The van der Waals surface area contributed by atoms with Crippen LogP contribution < -0.4 is 15.4 Å². The second kappa shape index (κ2) is 4.61. The highest BCUT2D eigenvalue weighted by molar-refractivity contribution is 5.85. The normalized spacial score (nSPS) is 29.7. The first-order valence-corrected chi connectivity index (χ1v) is 6.48. The third kappa shape index (κ3) is 1.97. The molecule has 4 heteroatoms. The second-order valence-electron chi connectivity index (χ2n) is 5.15. The lowest BCUT2D eigenvalue weighted by molar-refractivity contribution is -0.123. The van der Waals surface area contributed by atoms with E-state index in [1.165, 1.54) is 0 Å². The second-order valence-corrected chi connectivity index (χ2v) is 5.15. The highest BCUT2D eigenvalue weighted by Crippen LogP contribution is 2.33. The van der Waals surface area contributed by atoms with Crippen LogP contribution in [0.15, 0.2) is 24.3 Å². The van der Waals surface area contributed by atoms with Crippen molar-refractivity contribution in [1.29, 1.82) is 0 Å². The molecule has 18 heavy (non-hydrogen) atoms. The Hall–Kier alpha value is -1.55. The first-order valence-electron chi connectivity index (χ1n) is 6.48. The van der Waals surface area contributed by atoms with Crippen LogP contribution in [-0.2, 0) is 4.79 Å². The maximum Gasteiger partial charge on any atom is 0.231 e. The number of ether oxygens (including phenoxy) is 1. The monoisotopic (exact) mass is 246 g/mol. The van der Waals surface area contributed by atoms with Crippen LogP contribution in [0.4, 0.5) is 0 Å². The van der Waals surface area contributed by atoms with Crippen LogP contribution in [0.25, 0.3) is 0 Å². The van der Waals surface area contributed by atoms with Gasteiger partial charge >= 0.3 is 0 Å². The maximum atomic E-state index is 12.3. The highest BCUT2D eigenvalue weighted by atomic mass is 16.5. The molecule has 0 aromatic heterocycles. The molecule has 1 amide bonds. The average Bonchev–Trinajstić information content (AvgIpc) is 2.96. The minimum Gasteiger partial charge on any atom is -0.492 e. The van der Waals surface area contributed by atoms with Crippen molar-refractivity contribution in [2.24, 2.45) is 5.92 Å². The molecule has 3 atom stereocenters. The quantitative estimate of drug-likeness (QED) is 0.814. The Morgan fingerprint density at radius 3 is 3.00 bits per heavy atom. The summed E-state index contributed by atoms with van der Waals surface area (Å²) in [6.45, 7) is 4.45. The topological polar surface area (TPSA) is 50.4 Å². The molecule has 0 spiro atoms. The summed E-state index contributed by atoms with van der Waals surface area (Å²) in [5, 5.41) is 6.42. The van der Waals surface area contributed by atoms with E-state index in [0.29, 0.717) is 12.5 Å². The lowest BCUT2D eigenvalue weighted by atomic mass is 9.99. The summed E-state index contributed by atoms with van der Waals surface area (Å²) >= 11 is 0. The summed E-state index contributed by atoms with van der Waals surface area (Å²) in [6, 6.07) is 8.02. The predicted octanol–water partition coefficient (Wildman–Crippen LogP) is 0.887. The van der Waals surface area contributed by atoms with Crippen molar-refractivity contribution in [2.75, 3.05) is 19.7 Å². The number of hydrogen-bond donors (Lipinski definition) is 2. The number of amides is 1. The lowest BCUT2D eigenvalue weighted by Gasteiger charge is -2.18. The summed E-state index contributed by atoms with van der Waals surface area (Å²) < 4.78 is 5.55. The van der Waals surface area contributed by atoms with Crippen molar-refractivity contribution in [3.8, 4) is 5.75 Å². The molecule has 96 valence electrons. The maximum absolute atomic E-state index is 12.3. The molecule has 1 fully saturated rings. The number of hydrogen-bond acceptors (Lipinski definition) is 3. The molecule has 0 radical (unpaired) electrons. The smallest absolute Gasteiger partial charge is 0.231 e. The summed E-state index contributed by atoms with van der Waals surface area (Å²) in [4.78, 5) is 12.3. The van der Waals surface area contributed by atoms with Gasteiger partial charge in [-0.15, -0.1) is 0 Å². The van der Waals surface area contributed by atoms with Gasteiger partial charge in [-0.25, -0.2) is 0 Å². The van der Waals surface area contributed by atoms with Crippen LogP contribution in [0, 0.1) is 5.92 Å². The molecule has 0 aliphatic carbocycles. The van der Waals surface area contributed by atoms with Gasteiger partial charge in [-0.05, 0) is 18.5 Å². The Bertz CT molecular complexity index is 461. The van der Waals surface area contributed by atoms with Crippen LogP contribution in [0.2, 0.25) is 0 Å². The van der Waals surface area contributed by atoms with Gasteiger partial charge in [0.15, 0.2) is 0 Å². The summed E-state index contributed by atoms with van der Waals surface area (Å²) in [6.07, 6.45) is 0. The Morgan fingerprint density at radius 1 is 1.39 bits per heavy atom. The van der Waals surface area contributed by atoms with Crippen LogP contribution >= 0.6 is 0 Å². The molecule has 2 aliphatic rings. The number of para-hydroxylation sites is 1. The van der Waals surface area contributed by atoms with Gasteiger partial charge in [0, 0.05) is 18.2 Å². The van der Waals surface area contributed by atoms with Gasteiger partial charge in [0.25, 0.3) is 0 Å². The fraction of sp³-hybridized carbons (Fsp3) is 0.500. The van der Waals surface area contributed by atoms with E-state index in [9.17, 15) is 4.79 Å². The lowest BCUT2D eigenvalue weighted by Crippen LogP contribution is -2.42. The molecule has 0 bridgehead atoms. The molecule has 2 aliphatic heterocycles. The molecule has 3 rings (SSSR count). The molecule has 1 aromatic rings. The van der Waals surface area contributed by atoms with Crippen LogP contribution in [0.5, 0.6) is 5.75 Å². The third-order valence-electron chi connectivity index (χ3n) is 3.86. The molecule has 1 saturated heterocycles. The zero-order chi connectivity index (χ0) is 12.5. The van der Waals surface area contributed by atoms with Gasteiger partial charge in [-0.3, -0.25) is 4.79 Å². The average molecular weight is 246 g/mol. The number of carbonyl (C=O) groups excluding carboxylic acids is 1.